The minimum atomic E-state index is 0.515. The molecule has 0 spiro atoms. The molecule has 29 heavy (non-hydrogen) atoms. The molecule has 0 amide bonds. The lowest BCUT2D eigenvalue weighted by atomic mass is 10.0. The Balaban J connectivity index is 1.32. The normalized spacial score (nSPS) is 15.1. The average molecular weight is 393 g/mol. The second-order valence-corrected chi connectivity index (χ2v) is 7.75. The lowest BCUT2D eigenvalue weighted by molar-refractivity contribution is 0.215. The summed E-state index contributed by atoms with van der Waals surface area (Å²) in [5.41, 5.74) is 3.54. The molecule has 6 heteroatoms. The fraction of sp³-hybridized carbons (Fsp3) is 0.391. The molecule has 0 bridgehead atoms. The second kappa shape index (κ2) is 8.66. The van der Waals surface area contributed by atoms with Crippen LogP contribution in [0.3, 0.4) is 0 Å². The van der Waals surface area contributed by atoms with Gasteiger partial charge in [-0.25, -0.2) is 0 Å². The highest BCUT2D eigenvalue weighted by molar-refractivity contribution is 5.55. The molecule has 0 aliphatic carbocycles. The van der Waals surface area contributed by atoms with Crippen molar-refractivity contribution >= 4 is 5.69 Å². The zero-order chi connectivity index (χ0) is 20.2. The summed E-state index contributed by atoms with van der Waals surface area (Å²) >= 11 is 0. The Bertz CT molecular complexity index is 911. The third kappa shape index (κ3) is 4.59. The van der Waals surface area contributed by atoms with Gasteiger partial charge in [0.1, 0.15) is 5.75 Å². The molecule has 0 unspecified atom stereocenters. The van der Waals surface area contributed by atoms with Crippen molar-refractivity contribution in [2.24, 2.45) is 0 Å². The molecule has 152 valence electrons. The van der Waals surface area contributed by atoms with Crippen molar-refractivity contribution in [3.05, 3.63) is 60.0 Å². The van der Waals surface area contributed by atoms with E-state index in [4.69, 9.17) is 9.26 Å². The molecule has 0 radical (unpaired) electrons. The van der Waals surface area contributed by atoms with Crippen molar-refractivity contribution in [2.75, 3.05) is 38.2 Å². The molecule has 3 aromatic rings. The molecule has 2 aromatic carbocycles. The van der Waals surface area contributed by atoms with E-state index < -0.39 is 0 Å². The number of anilines is 1. The molecule has 1 aromatic heterocycles. The maximum absolute atomic E-state index is 5.51. The van der Waals surface area contributed by atoms with Crippen LogP contribution in [-0.4, -0.2) is 48.3 Å². The summed E-state index contributed by atoms with van der Waals surface area (Å²) in [6, 6.07) is 16.6. The predicted octanol–water partition coefficient (Wildman–Crippen LogP) is 4.19. The first-order valence-corrected chi connectivity index (χ1v) is 10.2. The van der Waals surface area contributed by atoms with E-state index in [1.165, 1.54) is 11.3 Å². The van der Waals surface area contributed by atoms with Crippen LogP contribution >= 0.6 is 0 Å². The van der Waals surface area contributed by atoms with Crippen molar-refractivity contribution in [2.45, 2.75) is 26.3 Å². The van der Waals surface area contributed by atoms with Crippen molar-refractivity contribution in [3.8, 4) is 17.1 Å². The summed E-state index contributed by atoms with van der Waals surface area (Å²) < 4.78 is 10.7. The molecule has 0 saturated carbocycles. The zero-order valence-electron chi connectivity index (χ0n) is 17.3. The van der Waals surface area contributed by atoms with Gasteiger partial charge in [0.05, 0.1) is 13.7 Å². The third-order valence-corrected chi connectivity index (χ3v) is 5.47. The van der Waals surface area contributed by atoms with E-state index in [2.05, 4.69) is 70.2 Å². The van der Waals surface area contributed by atoms with Gasteiger partial charge in [0.25, 0.3) is 0 Å². The quantitative estimate of drug-likeness (QED) is 0.627. The van der Waals surface area contributed by atoms with E-state index in [9.17, 15) is 0 Å². The van der Waals surface area contributed by atoms with Gasteiger partial charge in [-0.2, -0.15) is 4.98 Å². The van der Waals surface area contributed by atoms with Gasteiger partial charge in [-0.05, 0) is 35.7 Å². The highest BCUT2D eigenvalue weighted by Gasteiger charge is 2.20. The summed E-state index contributed by atoms with van der Waals surface area (Å²) in [6.45, 7) is 8.95. The van der Waals surface area contributed by atoms with E-state index >= 15 is 0 Å². The van der Waals surface area contributed by atoms with Crippen LogP contribution in [0.4, 0.5) is 5.69 Å². The SMILES string of the molecule is COc1ccc(N2CCN(Cc3nc(-c4ccc(C(C)C)cc4)no3)CC2)cc1. The summed E-state index contributed by atoms with van der Waals surface area (Å²) in [7, 11) is 1.69. The van der Waals surface area contributed by atoms with E-state index in [0.29, 0.717) is 24.2 Å². The van der Waals surface area contributed by atoms with Gasteiger partial charge in [-0.3, -0.25) is 4.90 Å². The Hall–Kier alpha value is -2.86. The number of piperazine rings is 1. The predicted molar refractivity (Wildman–Crippen MR) is 114 cm³/mol. The van der Waals surface area contributed by atoms with Crippen LogP contribution in [0.25, 0.3) is 11.4 Å². The maximum Gasteiger partial charge on any atom is 0.241 e. The van der Waals surface area contributed by atoms with E-state index in [0.717, 1.165) is 37.5 Å². The van der Waals surface area contributed by atoms with Crippen molar-refractivity contribution in [1.29, 1.82) is 0 Å². The summed E-state index contributed by atoms with van der Waals surface area (Å²) in [6.07, 6.45) is 0. The standard InChI is InChI=1S/C23H28N4O2/c1-17(2)18-4-6-19(7-5-18)23-24-22(29-25-23)16-26-12-14-27(15-13-26)20-8-10-21(28-3)11-9-20/h4-11,17H,12-16H2,1-3H3. The van der Waals surface area contributed by atoms with E-state index in [-0.39, 0.29) is 0 Å². The monoisotopic (exact) mass is 392 g/mol. The minimum Gasteiger partial charge on any atom is -0.497 e. The number of benzene rings is 2. The molecule has 0 atom stereocenters. The van der Waals surface area contributed by atoms with Crippen LogP contribution in [0, 0.1) is 0 Å². The van der Waals surface area contributed by atoms with Crippen LogP contribution in [0.15, 0.2) is 53.1 Å². The van der Waals surface area contributed by atoms with Gasteiger partial charge in [-0.1, -0.05) is 43.3 Å². The number of hydrogen-bond donors (Lipinski definition) is 0. The molecule has 1 aliphatic rings. The first-order valence-electron chi connectivity index (χ1n) is 10.2. The first-order chi connectivity index (χ1) is 14.1. The lowest BCUT2D eigenvalue weighted by Gasteiger charge is -2.35. The van der Waals surface area contributed by atoms with Crippen LogP contribution in [0.5, 0.6) is 5.75 Å². The van der Waals surface area contributed by atoms with E-state index in [1.807, 2.05) is 12.1 Å². The van der Waals surface area contributed by atoms with Gasteiger partial charge in [0, 0.05) is 37.4 Å². The maximum atomic E-state index is 5.51. The van der Waals surface area contributed by atoms with Crippen LogP contribution in [0.2, 0.25) is 0 Å². The van der Waals surface area contributed by atoms with Crippen molar-refractivity contribution < 1.29 is 9.26 Å². The molecule has 6 nitrogen and oxygen atoms in total. The fourth-order valence-corrected chi connectivity index (χ4v) is 3.60. The highest BCUT2D eigenvalue weighted by Crippen LogP contribution is 2.22. The number of nitrogens with zero attached hydrogens (tertiary/aromatic N) is 4. The first kappa shape index (κ1) is 19.5. The number of methoxy groups -OCH3 is 1. The van der Waals surface area contributed by atoms with Crippen LogP contribution in [0.1, 0.15) is 31.2 Å². The Morgan fingerprint density at radius 2 is 1.66 bits per heavy atom. The van der Waals surface area contributed by atoms with Crippen LogP contribution < -0.4 is 9.64 Å². The molecular weight excluding hydrogens is 364 g/mol. The van der Waals surface area contributed by atoms with Crippen LogP contribution in [-0.2, 0) is 6.54 Å². The van der Waals surface area contributed by atoms with E-state index in [1.54, 1.807) is 7.11 Å². The molecule has 1 aliphatic heterocycles. The third-order valence-electron chi connectivity index (χ3n) is 5.47. The Labute approximate surface area is 172 Å². The van der Waals surface area contributed by atoms with Gasteiger partial charge in [-0.15, -0.1) is 0 Å². The topological polar surface area (TPSA) is 54.6 Å². The van der Waals surface area contributed by atoms with Gasteiger partial charge >= 0.3 is 0 Å². The van der Waals surface area contributed by atoms with Gasteiger partial charge in [0.2, 0.25) is 11.7 Å². The lowest BCUT2D eigenvalue weighted by Crippen LogP contribution is -2.46. The zero-order valence-corrected chi connectivity index (χ0v) is 17.3. The minimum absolute atomic E-state index is 0.515. The number of rotatable bonds is 6. The average Bonchev–Trinajstić information content (AvgIpc) is 3.23. The number of aromatic nitrogens is 2. The summed E-state index contributed by atoms with van der Waals surface area (Å²) in [5.74, 6) is 2.73. The highest BCUT2D eigenvalue weighted by atomic mass is 16.5. The van der Waals surface area contributed by atoms with Gasteiger partial charge < -0.3 is 14.2 Å². The molecular formula is C23H28N4O2. The molecule has 1 fully saturated rings. The van der Waals surface area contributed by atoms with Crippen molar-refractivity contribution in [3.63, 3.8) is 0 Å². The Morgan fingerprint density at radius 3 is 2.28 bits per heavy atom. The number of hydrogen-bond acceptors (Lipinski definition) is 6. The number of ether oxygens (including phenoxy) is 1. The molecule has 1 saturated heterocycles. The second-order valence-electron chi connectivity index (χ2n) is 7.75. The largest absolute Gasteiger partial charge is 0.497 e. The smallest absolute Gasteiger partial charge is 0.241 e. The van der Waals surface area contributed by atoms with Gasteiger partial charge in [0.15, 0.2) is 0 Å². The Kier molecular flexibility index (Phi) is 5.81. The summed E-state index contributed by atoms with van der Waals surface area (Å²) in [5, 5.41) is 4.17. The molecule has 4 rings (SSSR count). The van der Waals surface area contributed by atoms with Crippen molar-refractivity contribution in [1.82, 2.24) is 15.0 Å². The Morgan fingerprint density at radius 1 is 0.966 bits per heavy atom. The summed E-state index contributed by atoms with van der Waals surface area (Å²) in [4.78, 5) is 9.35. The molecule has 2 heterocycles. The fourth-order valence-electron chi connectivity index (χ4n) is 3.60. The molecule has 0 N–H and O–H groups in total.